The van der Waals surface area contributed by atoms with Crippen LogP contribution in [-0.4, -0.2) is 21.8 Å². The summed E-state index contributed by atoms with van der Waals surface area (Å²) in [4.78, 5) is 19.6. The number of aryl methyl sites for hydroxylation is 2. The summed E-state index contributed by atoms with van der Waals surface area (Å²) in [5, 5.41) is 3.52. The second-order valence-corrected chi connectivity index (χ2v) is 8.92. The lowest BCUT2D eigenvalue weighted by molar-refractivity contribution is 0.0669. The predicted molar refractivity (Wildman–Crippen MR) is 123 cm³/mol. The van der Waals surface area contributed by atoms with Gasteiger partial charge in [0.1, 0.15) is 17.4 Å². The molecule has 0 radical (unpaired) electrons. The fourth-order valence-corrected chi connectivity index (χ4v) is 4.05. The summed E-state index contributed by atoms with van der Waals surface area (Å²) in [6, 6.07) is 13.3. The number of nitrogens with zero attached hydrogens (tertiary/aromatic N) is 2. The van der Waals surface area contributed by atoms with E-state index in [1.165, 1.54) is 11.1 Å². The number of hydrogen-bond acceptors (Lipinski definition) is 4. The van der Waals surface area contributed by atoms with Gasteiger partial charge in [0.25, 0.3) is 5.91 Å². The molecule has 0 fully saturated rings. The van der Waals surface area contributed by atoms with E-state index in [4.69, 9.17) is 21.3 Å². The van der Waals surface area contributed by atoms with E-state index in [2.05, 4.69) is 33.8 Å². The number of halogens is 1. The summed E-state index contributed by atoms with van der Waals surface area (Å²) < 4.78 is 5.92. The zero-order valence-corrected chi connectivity index (χ0v) is 19.4. The van der Waals surface area contributed by atoms with Crippen LogP contribution in [0.5, 0.6) is 5.75 Å². The molecule has 158 valence electrons. The number of benzene rings is 2. The van der Waals surface area contributed by atoms with Crippen molar-refractivity contribution < 1.29 is 9.53 Å². The third-order valence-electron chi connectivity index (χ3n) is 4.96. The third kappa shape index (κ3) is 5.83. The average Bonchev–Trinajstić information content (AvgIpc) is 3.17. The predicted octanol–water partition coefficient (Wildman–Crippen LogP) is 6.43. The van der Waals surface area contributed by atoms with Gasteiger partial charge in [-0.1, -0.05) is 24.6 Å². The van der Waals surface area contributed by atoms with Gasteiger partial charge >= 0.3 is 0 Å². The largest absolute Gasteiger partial charge is 0.486 e. The van der Waals surface area contributed by atoms with Crippen LogP contribution < -0.4 is 4.74 Å². The van der Waals surface area contributed by atoms with Gasteiger partial charge in [0.05, 0.1) is 12.2 Å². The molecule has 0 aliphatic heterocycles. The smallest absolute Gasteiger partial charge is 0.254 e. The lowest BCUT2D eigenvalue weighted by Gasteiger charge is -2.28. The highest BCUT2D eigenvalue weighted by atomic mass is 35.5. The summed E-state index contributed by atoms with van der Waals surface area (Å²) in [6.07, 6.45) is 0.867. The van der Waals surface area contributed by atoms with Gasteiger partial charge < -0.3 is 9.64 Å². The van der Waals surface area contributed by atoms with E-state index in [9.17, 15) is 4.79 Å². The molecule has 2 aromatic carbocycles. The fourth-order valence-electron chi connectivity index (χ4n) is 3.23. The number of carbonyl (C=O) groups excluding carboxylic acids is 1. The highest BCUT2D eigenvalue weighted by Gasteiger charge is 2.22. The third-order valence-corrected chi connectivity index (χ3v) is 6.09. The summed E-state index contributed by atoms with van der Waals surface area (Å²) >= 11 is 7.52. The van der Waals surface area contributed by atoms with Gasteiger partial charge in [0.2, 0.25) is 0 Å². The Morgan fingerprint density at radius 1 is 1.17 bits per heavy atom. The van der Waals surface area contributed by atoms with Gasteiger partial charge in [-0.05, 0) is 74.7 Å². The van der Waals surface area contributed by atoms with Crippen molar-refractivity contribution in [2.24, 2.45) is 0 Å². The van der Waals surface area contributed by atoms with E-state index in [1.807, 2.05) is 22.4 Å². The molecule has 30 heavy (non-hydrogen) atoms. The molecule has 0 bridgehead atoms. The molecule has 3 aromatic rings. The van der Waals surface area contributed by atoms with E-state index in [1.54, 1.807) is 35.6 Å². The highest BCUT2D eigenvalue weighted by molar-refractivity contribution is 7.09. The van der Waals surface area contributed by atoms with Gasteiger partial charge in [0.15, 0.2) is 0 Å². The zero-order valence-electron chi connectivity index (χ0n) is 17.8. The molecule has 0 N–H and O–H groups in total. The van der Waals surface area contributed by atoms with Crippen LogP contribution in [0.15, 0.2) is 47.8 Å². The number of hydrogen-bond donors (Lipinski definition) is 0. The van der Waals surface area contributed by atoms with E-state index in [0.717, 1.165) is 22.9 Å². The SMILES string of the molecule is CCC(C)N(Cc1csc(COc2cc(C)cc(C)c2)n1)C(=O)c1ccc(Cl)cc1. The second-order valence-electron chi connectivity index (χ2n) is 7.54. The first-order valence-corrected chi connectivity index (χ1v) is 11.3. The molecule has 6 heteroatoms. The minimum absolute atomic E-state index is 0.0120. The van der Waals surface area contributed by atoms with E-state index in [-0.39, 0.29) is 11.9 Å². The Labute approximate surface area is 187 Å². The van der Waals surface area contributed by atoms with Gasteiger partial charge in [-0.3, -0.25) is 4.79 Å². The summed E-state index contributed by atoms with van der Waals surface area (Å²) in [5.74, 6) is 0.838. The Morgan fingerprint density at radius 3 is 2.47 bits per heavy atom. The lowest BCUT2D eigenvalue weighted by atomic mass is 10.1. The molecule has 0 saturated heterocycles. The van der Waals surface area contributed by atoms with E-state index < -0.39 is 0 Å². The van der Waals surface area contributed by atoms with E-state index >= 15 is 0 Å². The first-order chi connectivity index (χ1) is 14.4. The van der Waals surface area contributed by atoms with Crippen LogP contribution in [0.4, 0.5) is 0 Å². The Hall–Kier alpha value is -2.37. The Balaban J connectivity index is 1.69. The van der Waals surface area contributed by atoms with Crippen molar-refractivity contribution in [2.75, 3.05) is 0 Å². The number of thiazole rings is 1. The molecule has 1 amide bonds. The maximum atomic E-state index is 13.1. The normalized spacial score (nSPS) is 11.9. The first kappa shape index (κ1) is 22.3. The summed E-state index contributed by atoms with van der Waals surface area (Å²) in [5.41, 5.74) is 3.86. The first-order valence-electron chi connectivity index (χ1n) is 10.1. The number of rotatable bonds is 8. The molecular weight excluding hydrogens is 416 g/mol. The fraction of sp³-hybridized carbons (Fsp3) is 0.333. The van der Waals surface area contributed by atoms with Crippen LogP contribution in [0, 0.1) is 13.8 Å². The summed E-state index contributed by atoms with van der Waals surface area (Å²) in [6.45, 7) is 9.14. The van der Waals surface area contributed by atoms with Crippen molar-refractivity contribution in [3.05, 3.63) is 80.3 Å². The molecule has 4 nitrogen and oxygen atoms in total. The average molecular weight is 443 g/mol. The highest BCUT2D eigenvalue weighted by Crippen LogP contribution is 2.21. The van der Waals surface area contributed by atoms with Crippen LogP contribution >= 0.6 is 22.9 Å². The van der Waals surface area contributed by atoms with Gasteiger partial charge in [-0.25, -0.2) is 4.98 Å². The topological polar surface area (TPSA) is 42.4 Å². The van der Waals surface area contributed by atoms with Gasteiger partial charge in [0, 0.05) is 22.0 Å². The monoisotopic (exact) mass is 442 g/mol. The minimum atomic E-state index is -0.0120. The van der Waals surface area contributed by atoms with Crippen LogP contribution in [0.25, 0.3) is 0 Å². The van der Waals surface area contributed by atoms with Crippen molar-refractivity contribution in [3.8, 4) is 5.75 Å². The Morgan fingerprint density at radius 2 is 1.83 bits per heavy atom. The van der Waals surface area contributed by atoms with Crippen molar-refractivity contribution in [2.45, 2.75) is 53.3 Å². The lowest BCUT2D eigenvalue weighted by Crippen LogP contribution is -2.37. The van der Waals surface area contributed by atoms with Gasteiger partial charge in [-0.2, -0.15) is 0 Å². The zero-order chi connectivity index (χ0) is 21.7. The molecule has 3 rings (SSSR count). The summed E-state index contributed by atoms with van der Waals surface area (Å²) in [7, 11) is 0. The maximum absolute atomic E-state index is 13.1. The molecule has 1 unspecified atom stereocenters. The van der Waals surface area contributed by atoms with Crippen LogP contribution in [0.3, 0.4) is 0 Å². The van der Waals surface area contributed by atoms with Crippen molar-refractivity contribution in [1.82, 2.24) is 9.88 Å². The van der Waals surface area contributed by atoms with Crippen molar-refractivity contribution in [1.29, 1.82) is 0 Å². The van der Waals surface area contributed by atoms with Crippen molar-refractivity contribution in [3.63, 3.8) is 0 Å². The quantitative estimate of drug-likeness (QED) is 0.403. The van der Waals surface area contributed by atoms with Crippen LogP contribution in [0.2, 0.25) is 5.02 Å². The van der Waals surface area contributed by atoms with Crippen molar-refractivity contribution >= 4 is 28.8 Å². The second kappa shape index (κ2) is 10.1. The number of carbonyl (C=O) groups is 1. The minimum Gasteiger partial charge on any atom is -0.486 e. The molecule has 0 aliphatic rings. The molecule has 1 atom stereocenters. The molecule has 0 aliphatic carbocycles. The number of ether oxygens (including phenoxy) is 1. The standard InChI is InChI=1S/C24H27ClN2O2S/c1-5-18(4)27(24(28)19-6-8-20(25)9-7-19)13-21-15-30-23(26-21)14-29-22-11-16(2)10-17(3)12-22/h6-12,15,18H,5,13-14H2,1-4H3. The Bertz CT molecular complexity index is 980. The molecular formula is C24H27ClN2O2S. The molecule has 1 aromatic heterocycles. The van der Waals surface area contributed by atoms with Gasteiger partial charge in [-0.15, -0.1) is 11.3 Å². The Kier molecular flexibility index (Phi) is 7.51. The molecule has 0 saturated carbocycles. The number of aromatic nitrogens is 1. The molecule has 1 heterocycles. The van der Waals surface area contributed by atoms with Crippen LogP contribution in [-0.2, 0) is 13.2 Å². The molecule has 0 spiro atoms. The number of amides is 1. The van der Waals surface area contributed by atoms with E-state index in [0.29, 0.717) is 23.7 Å². The maximum Gasteiger partial charge on any atom is 0.254 e. The van der Waals surface area contributed by atoms with Crippen LogP contribution in [0.1, 0.15) is 52.5 Å².